The summed E-state index contributed by atoms with van der Waals surface area (Å²) in [6.45, 7) is 0. The molecule has 0 radical (unpaired) electrons. The van der Waals surface area contributed by atoms with Crippen LogP contribution in [0.5, 0.6) is 5.75 Å². The number of phenolic OH excluding ortho intramolecular Hbond substituents is 1. The number of aromatic hydroxyl groups is 1. The molecule has 0 spiro atoms. The molecule has 2 aromatic carbocycles. The standard InChI is InChI=1S/C14H9F6NO3S/c15-13(16,17)8-5-9(14(18,19)20)7-12(6-8)25(23,24)21-10-1-3-11(22)4-2-10/h1-7,21-22H. The maximum absolute atomic E-state index is 12.8. The van der Waals surface area contributed by atoms with Crippen LogP contribution in [0.3, 0.4) is 0 Å². The van der Waals surface area contributed by atoms with Crippen LogP contribution in [0.15, 0.2) is 47.4 Å². The van der Waals surface area contributed by atoms with Crippen molar-refractivity contribution in [3.63, 3.8) is 0 Å². The van der Waals surface area contributed by atoms with Gasteiger partial charge in [-0.1, -0.05) is 0 Å². The zero-order valence-electron chi connectivity index (χ0n) is 12.0. The molecule has 0 aliphatic heterocycles. The van der Waals surface area contributed by atoms with Gasteiger partial charge in [0.15, 0.2) is 0 Å². The molecule has 0 aliphatic carbocycles. The first-order chi connectivity index (χ1) is 11.3. The number of hydrogen-bond acceptors (Lipinski definition) is 3. The van der Waals surface area contributed by atoms with Crippen LogP contribution in [0, 0.1) is 0 Å². The van der Waals surface area contributed by atoms with E-state index in [2.05, 4.69) is 0 Å². The molecule has 0 bridgehead atoms. The average Bonchev–Trinajstić information content (AvgIpc) is 2.47. The number of rotatable bonds is 3. The lowest BCUT2D eigenvalue weighted by atomic mass is 10.1. The van der Waals surface area contributed by atoms with Gasteiger partial charge in [0.05, 0.1) is 16.0 Å². The first kappa shape index (κ1) is 18.9. The number of halogens is 6. The molecule has 0 amide bonds. The van der Waals surface area contributed by atoms with Gasteiger partial charge in [-0.3, -0.25) is 4.72 Å². The largest absolute Gasteiger partial charge is 0.508 e. The van der Waals surface area contributed by atoms with E-state index in [9.17, 15) is 34.8 Å². The first-order valence-electron chi connectivity index (χ1n) is 6.40. The minimum absolute atomic E-state index is 0.109. The van der Waals surface area contributed by atoms with Crippen molar-refractivity contribution in [1.82, 2.24) is 0 Å². The Bertz CT molecular complexity index is 841. The zero-order valence-corrected chi connectivity index (χ0v) is 12.8. The number of phenols is 1. The summed E-state index contributed by atoms with van der Waals surface area (Å²) in [5.74, 6) is -0.207. The highest BCUT2D eigenvalue weighted by atomic mass is 32.2. The van der Waals surface area contributed by atoms with Crippen LogP contribution in [0.4, 0.5) is 32.0 Å². The molecule has 136 valence electrons. The highest BCUT2D eigenvalue weighted by Crippen LogP contribution is 2.37. The molecule has 11 heteroatoms. The number of sulfonamides is 1. The number of anilines is 1. The fourth-order valence-electron chi connectivity index (χ4n) is 1.83. The summed E-state index contributed by atoms with van der Waals surface area (Å²) in [5.41, 5.74) is -3.63. The van der Waals surface area contributed by atoms with Crippen LogP contribution in [-0.4, -0.2) is 13.5 Å². The van der Waals surface area contributed by atoms with Crippen LogP contribution in [-0.2, 0) is 22.4 Å². The van der Waals surface area contributed by atoms with E-state index in [4.69, 9.17) is 5.11 Å². The minimum Gasteiger partial charge on any atom is -0.508 e. The van der Waals surface area contributed by atoms with E-state index in [-0.39, 0.29) is 29.6 Å². The van der Waals surface area contributed by atoms with Gasteiger partial charge in [0.1, 0.15) is 5.75 Å². The van der Waals surface area contributed by atoms with Crippen molar-refractivity contribution < 1.29 is 39.9 Å². The molecule has 2 aromatic rings. The maximum Gasteiger partial charge on any atom is 0.416 e. The second-order valence-electron chi connectivity index (χ2n) is 4.89. The molecule has 0 heterocycles. The Morgan fingerprint density at radius 2 is 1.24 bits per heavy atom. The number of nitrogens with one attached hydrogen (secondary N) is 1. The van der Waals surface area contributed by atoms with Crippen molar-refractivity contribution in [2.24, 2.45) is 0 Å². The highest BCUT2D eigenvalue weighted by Gasteiger charge is 2.38. The summed E-state index contributed by atoms with van der Waals surface area (Å²) in [7, 11) is -4.72. The Labute approximate surface area is 137 Å². The minimum atomic E-state index is -5.16. The number of hydrogen-bond donors (Lipinski definition) is 2. The molecule has 0 aliphatic rings. The van der Waals surface area contributed by atoms with Crippen molar-refractivity contribution in [3.8, 4) is 5.75 Å². The molecule has 0 atom stereocenters. The van der Waals surface area contributed by atoms with Gasteiger partial charge in [-0.05, 0) is 42.5 Å². The summed E-state index contributed by atoms with van der Waals surface area (Å²) in [5, 5.41) is 9.10. The van der Waals surface area contributed by atoms with Crippen molar-refractivity contribution >= 4 is 15.7 Å². The van der Waals surface area contributed by atoms with Gasteiger partial charge >= 0.3 is 12.4 Å². The fourth-order valence-corrected chi connectivity index (χ4v) is 2.95. The van der Waals surface area contributed by atoms with Crippen molar-refractivity contribution in [1.29, 1.82) is 0 Å². The molecule has 2 rings (SSSR count). The molecular weight excluding hydrogens is 376 g/mol. The normalized spacial score (nSPS) is 12.9. The van der Waals surface area contributed by atoms with Gasteiger partial charge in [-0.15, -0.1) is 0 Å². The molecule has 0 saturated heterocycles. The van der Waals surface area contributed by atoms with E-state index in [1.165, 1.54) is 0 Å². The maximum atomic E-state index is 12.8. The van der Waals surface area contributed by atoms with Gasteiger partial charge in [-0.25, -0.2) is 8.42 Å². The van der Waals surface area contributed by atoms with E-state index in [0.29, 0.717) is 0 Å². The third-order valence-corrected chi connectivity index (χ3v) is 4.35. The summed E-state index contributed by atoms with van der Waals surface area (Å²) < 4.78 is 103. The molecule has 2 N–H and O–H groups in total. The van der Waals surface area contributed by atoms with Gasteiger partial charge in [0.2, 0.25) is 0 Å². The fraction of sp³-hybridized carbons (Fsp3) is 0.143. The molecule has 25 heavy (non-hydrogen) atoms. The lowest BCUT2D eigenvalue weighted by Gasteiger charge is -2.15. The quantitative estimate of drug-likeness (QED) is 0.614. The molecule has 0 unspecified atom stereocenters. The Morgan fingerprint density at radius 1 is 0.800 bits per heavy atom. The van der Waals surface area contributed by atoms with Crippen molar-refractivity contribution in [2.75, 3.05) is 4.72 Å². The average molecular weight is 385 g/mol. The Balaban J connectivity index is 2.54. The second kappa shape index (κ2) is 6.14. The van der Waals surface area contributed by atoms with Gasteiger partial charge in [0.25, 0.3) is 10.0 Å². The Morgan fingerprint density at radius 3 is 1.64 bits per heavy atom. The van der Waals surface area contributed by atoms with Gasteiger partial charge in [-0.2, -0.15) is 26.3 Å². The van der Waals surface area contributed by atoms with E-state index >= 15 is 0 Å². The topological polar surface area (TPSA) is 66.4 Å². The highest BCUT2D eigenvalue weighted by molar-refractivity contribution is 7.92. The third-order valence-electron chi connectivity index (χ3n) is 2.99. The summed E-state index contributed by atoms with van der Waals surface area (Å²) in [4.78, 5) is -1.19. The van der Waals surface area contributed by atoms with Crippen LogP contribution in [0.2, 0.25) is 0 Å². The predicted molar refractivity (Wildman–Crippen MR) is 75.4 cm³/mol. The lowest BCUT2D eigenvalue weighted by Crippen LogP contribution is -2.17. The number of alkyl halides is 6. The Kier molecular flexibility index (Phi) is 4.64. The van der Waals surface area contributed by atoms with Crippen LogP contribution >= 0.6 is 0 Å². The summed E-state index contributed by atoms with van der Waals surface area (Å²) in [6, 6.07) is 4.40. The van der Waals surface area contributed by atoms with Crippen LogP contribution < -0.4 is 4.72 Å². The number of benzene rings is 2. The molecular formula is C14H9F6NO3S. The molecule has 0 fully saturated rings. The molecule has 0 aromatic heterocycles. The second-order valence-corrected chi connectivity index (χ2v) is 6.58. The summed E-state index contributed by atoms with van der Waals surface area (Å²) in [6.07, 6.45) is -10.3. The monoisotopic (exact) mass is 385 g/mol. The van der Waals surface area contributed by atoms with Gasteiger partial charge in [0, 0.05) is 5.69 Å². The third kappa shape index (κ3) is 4.56. The lowest BCUT2D eigenvalue weighted by molar-refractivity contribution is -0.143. The molecule has 0 saturated carbocycles. The van der Waals surface area contributed by atoms with Crippen molar-refractivity contribution in [3.05, 3.63) is 53.6 Å². The van der Waals surface area contributed by atoms with E-state index in [1.807, 2.05) is 4.72 Å². The smallest absolute Gasteiger partial charge is 0.416 e. The van der Waals surface area contributed by atoms with E-state index < -0.39 is 38.4 Å². The van der Waals surface area contributed by atoms with E-state index in [1.54, 1.807) is 0 Å². The zero-order chi connectivity index (χ0) is 19.0. The van der Waals surface area contributed by atoms with Crippen LogP contribution in [0.1, 0.15) is 11.1 Å². The summed E-state index contributed by atoms with van der Waals surface area (Å²) >= 11 is 0. The molecule has 4 nitrogen and oxygen atoms in total. The van der Waals surface area contributed by atoms with Gasteiger partial charge < -0.3 is 5.11 Å². The van der Waals surface area contributed by atoms with E-state index in [0.717, 1.165) is 24.3 Å². The SMILES string of the molecule is O=S(=O)(Nc1ccc(O)cc1)c1cc(C(F)(F)F)cc(C(F)(F)F)c1. The Hall–Kier alpha value is -2.43. The van der Waals surface area contributed by atoms with Crippen LogP contribution in [0.25, 0.3) is 0 Å². The predicted octanol–water partition coefficient (Wildman–Crippen LogP) is 4.23. The van der Waals surface area contributed by atoms with Crippen molar-refractivity contribution in [2.45, 2.75) is 17.2 Å². The first-order valence-corrected chi connectivity index (χ1v) is 7.89.